The zero-order valence-corrected chi connectivity index (χ0v) is 10.2. The van der Waals surface area contributed by atoms with Crippen molar-refractivity contribution in [1.82, 2.24) is 10.1 Å². The highest BCUT2D eigenvalue weighted by molar-refractivity contribution is 5.61. The number of nitrogens with two attached hydrogens (primary N) is 1. The van der Waals surface area contributed by atoms with Crippen molar-refractivity contribution in [3.05, 3.63) is 54.1 Å². The quantitative estimate of drug-likeness (QED) is 0.728. The Morgan fingerprint density at radius 2 is 1.55 bits per heavy atom. The molecule has 0 saturated carbocycles. The van der Waals surface area contributed by atoms with E-state index in [0.717, 1.165) is 18.2 Å². The van der Waals surface area contributed by atoms with Crippen LogP contribution in [-0.2, 0) is 0 Å². The van der Waals surface area contributed by atoms with Gasteiger partial charge in [0.05, 0.1) is 0 Å². The van der Waals surface area contributed by atoms with Crippen molar-refractivity contribution in [3.8, 4) is 22.8 Å². The highest BCUT2D eigenvalue weighted by Crippen LogP contribution is 2.24. The Balaban J connectivity index is 1.99. The molecule has 2 N–H and O–H groups in total. The Labute approximate surface area is 112 Å². The first-order chi connectivity index (χ1) is 9.61. The molecule has 6 heteroatoms. The molecular weight excluding hydrogens is 264 g/mol. The van der Waals surface area contributed by atoms with Crippen LogP contribution in [0.25, 0.3) is 22.8 Å². The normalized spacial score (nSPS) is 10.7. The lowest BCUT2D eigenvalue weighted by molar-refractivity contribution is 0.431. The van der Waals surface area contributed by atoms with Crippen molar-refractivity contribution < 1.29 is 13.3 Å². The van der Waals surface area contributed by atoms with E-state index in [4.69, 9.17) is 10.3 Å². The SMILES string of the molecule is Nc1ccc(-c2noc(-c3cc(F)cc(F)c3)n2)cc1. The van der Waals surface area contributed by atoms with Gasteiger partial charge in [-0.1, -0.05) is 5.16 Å². The van der Waals surface area contributed by atoms with Gasteiger partial charge in [0.15, 0.2) is 0 Å². The molecule has 0 radical (unpaired) electrons. The van der Waals surface area contributed by atoms with Gasteiger partial charge >= 0.3 is 0 Å². The molecule has 0 atom stereocenters. The first-order valence-corrected chi connectivity index (χ1v) is 5.78. The van der Waals surface area contributed by atoms with Crippen LogP contribution in [0.4, 0.5) is 14.5 Å². The van der Waals surface area contributed by atoms with Gasteiger partial charge in [-0.25, -0.2) is 8.78 Å². The van der Waals surface area contributed by atoms with Gasteiger partial charge in [-0.05, 0) is 36.4 Å². The summed E-state index contributed by atoms with van der Waals surface area (Å²) in [4.78, 5) is 4.11. The highest BCUT2D eigenvalue weighted by atomic mass is 19.1. The second kappa shape index (κ2) is 4.73. The second-order valence-electron chi connectivity index (χ2n) is 4.20. The average molecular weight is 273 g/mol. The lowest BCUT2D eigenvalue weighted by Gasteiger charge is -1.96. The molecule has 3 rings (SSSR count). The second-order valence-corrected chi connectivity index (χ2v) is 4.20. The van der Waals surface area contributed by atoms with Crippen molar-refractivity contribution in [2.24, 2.45) is 0 Å². The van der Waals surface area contributed by atoms with Crippen LogP contribution >= 0.6 is 0 Å². The molecule has 0 fully saturated rings. The zero-order valence-electron chi connectivity index (χ0n) is 10.2. The predicted octanol–water partition coefficient (Wildman–Crippen LogP) is 3.26. The summed E-state index contributed by atoms with van der Waals surface area (Å²) in [6.07, 6.45) is 0. The average Bonchev–Trinajstić information content (AvgIpc) is 2.88. The summed E-state index contributed by atoms with van der Waals surface area (Å²) < 4.78 is 31.3. The molecule has 0 aliphatic heterocycles. The fraction of sp³-hybridized carbons (Fsp3) is 0. The molecule has 0 amide bonds. The summed E-state index contributed by atoms with van der Waals surface area (Å²) in [5.74, 6) is -1.03. The standard InChI is InChI=1S/C14H9F2N3O/c15-10-5-9(6-11(16)7-10)14-18-13(19-20-14)8-1-3-12(17)4-2-8/h1-7H,17H2. The maximum absolute atomic E-state index is 13.1. The van der Waals surface area contributed by atoms with Crippen LogP contribution in [-0.4, -0.2) is 10.1 Å². The van der Waals surface area contributed by atoms with E-state index in [0.29, 0.717) is 17.1 Å². The van der Waals surface area contributed by atoms with Crippen molar-refractivity contribution in [2.75, 3.05) is 5.73 Å². The van der Waals surface area contributed by atoms with Crippen LogP contribution in [0.5, 0.6) is 0 Å². The number of nitrogen functional groups attached to an aromatic ring is 1. The van der Waals surface area contributed by atoms with E-state index >= 15 is 0 Å². The van der Waals surface area contributed by atoms with E-state index in [1.165, 1.54) is 0 Å². The smallest absolute Gasteiger partial charge is 0.258 e. The lowest BCUT2D eigenvalue weighted by atomic mass is 10.2. The molecule has 0 aliphatic rings. The minimum atomic E-state index is -0.702. The molecule has 0 spiro atoms. The van der Waals surface area contributed by atoms with E-state index in [-0.39, 0.29) is 11.5 Å². The Kier molecular flexibility index (Phi) is 2.90. The number of anilines is 1. The van der Waals surface area contributed by atoms with Gasteiger partial charge in [-0.2, -0.15) is 4.98 Å². The van der Waals surface area contributed by atoms with Gasteiger partial charge in [0.2, 0.25) is 5.82 Å². The van der Waals surface area contributed by atoms with E-state index < -0.39 is 11.6 Å². The first kappa shape index (κ1) is 12.3. The fourth-order valence-corrected chi connectivity index (χ4v) is 1.77. The summed E-state index contributed by atoms with van der Waals surface area (Å²) >= 11 is 0. The predicted molar refractivity (Wildman–Crippen MR) is 69.5 cm³/mol. The van der Waals surface area contributed by atoms with Crippen molar-refractivity contribution in [2.45, 2.75) is 0 Å². The summed E-state index contributed by atoms with van der Waals surface area (Å²) in [6, 6.07) is 9.90. The number of hydrogen-bond donors (Lipinski definition) is 1. The monoisotopic (exact) mass is 273 g/mol. The summed E-state index contributed by atoms with van der Waals surface area (Å²) in [5.41, 5.74) is 7.09. The van der Waals surface area contributed by atoms with Crippen molar-refractivity contribution >= 4 is 5.69 Å². The molecule has 4 nitrogen and oxygen atoms in total. The van der Waals surface area contributed by atoms with Crippen LogP contribution in [0.15, 0.2) is 47.0 Å². The molecule has 2 aromatic carbocycles. The number of hydrogen-bond acceptors (Lipinski definition) is 4. The minimum Gasteiger partial charge on any atom is -0.399 e. The van der Waals surface area contributed by atoms with Crippen LogP contribution < -0.4 is 5.73 Å². The van der Waals surface area contributed by atoms with Crippen molar-refractivity contribution in [3.63, 3.8) is 0 Å². The van der Waals surface area contributed by atoms with Gasteiger partial charge in [-0.3, -0.25) is 0 Å². The third-order valence-electron chi connectivity index (χ3n) is 2.70. The topological polar surface area (TPSA) is 64.9 Å². The summed E-state index contributed by atoms with van der Waals surface area (Å²) in [5, 5.41) is 3.78. The minimum absolute atomic E-state index is 0.0511. The van der Waals surface area contributed by atoms with Gasteiger partial charge in [0.25, 0.3) is 5.89 Å². The molecule has 20 heavy (non-hydrogen) atoms. The van der Waals surface area contributed by atoms with Crippen molar-refractivity contribution in [1.29, 1.82) is 0 Å². The van der Waals surface area contributed by atoms with Crippen LogP contribution in [0.1, 0.15) is 0 Å². The molecule has 100 valence electrons. The lowest BCUT2D eigenvalue weighted by Crippen LogP contribution is -1.86. The number of nitrogens with zero attached hydrogens (tertiary/aromatic N) is 2. The maximum Gasteiger partial charge on any atom is 0.258 e. The Bertz CT molecular complexity index is 733. The number of halogens is 2. The Morgan fingerprint density at radius 3 is 2.20 bits per heavy atom. The molecular formula is C14H9F2N3O. The molecule has 3 aromatic rings. The van der Waals surface area contributed by atoms with Crippen LogP contribution in [0, 0.1) is 11.6 Å². The number of rotatable bonds is 2. The molecule has 0 aliphatic carbocycles. The first-order valence-electron chi connectivity index (χ1n) is 5.78. The van der Waals surface area contributed by atoms with E-state index in [2.05, 4.69) is 10.1 Å². The summed E-state index contributed by atoms with van der Waals surface area (Å²) in [6.45, 7) is 0. The third kappa shape index (κ3) is 2.35. The number of aromatic nitrogens is 2. The van der Waals surface area contributed by atoms with E-state index in [1.54, 1.807) is 24.3 Å². The molecule has 0 bridgehead atoms. The van der Waals surface area contributed by atoms with Gasteiger partial charge in [0.1, 0.15) is 11.6 Å². The fourth-order valence-electron chi connectivity index (χ4n) is 1.77. The van der Waals surface area contributed by atoms with Gasteiger partial charge in [0, 0.05) is 22.9 Å². The van der Waals surface area contributed by atoms with Crippen LogP contribution in [0.2, 0.25) is 0 Å². The zero-order chi connectivity index (χ0) is 14.1. The third-order valence-corrected chi connectivity index (χ3v) is 2.70. The number of benzene rings is 2. The Hall–Kier alpha value is -2.76. The molecule has 1 aromatic heterocycles. The van der Waals surface area contributed by atoms with E-state index in [1.807, 2.05) is 0 Å². The van der Waals surface area contributed by atoms with E-state index in [9.17, 15) is 8.78 Å². The van der Waals surface area contributed by atoms with Gasteiger partial charge in [-0.15, -0.1) is 0 Å². The molecule has 0 unspecified atom stereocenters. The molecule has 0 saturated heterocycles. The molecule has 1 heterocycles. The largest absolute Gasteiger partial charge is 0.399 e. The van der Waals surface area contributed by atoms with Crippen LogP contribution in [0.3, 0.4) is 0 Å². The summed E-state index contributed by atoms with van der Waals surface area (Å²) in [7, 11) is 0. The van der Waals surface area contributed by atoms with Gasteiger partial charge < -0.3 is 10.3 Å². The maximum atomic E-state index is 13.1. The highest BCUT2D eigenvalue weighted by Gasteiger charge is 2.12. The Morgan fingerprint density at radius 1 is 0.900 bits per heavy atom.